The molecule has 7 heteroatoms. The average Bonchev–Trinajstić information content (AvgIpc) is 2.54. The molecule has 0 heterocycles. The SMILES string of the molecule is O=C(OC(OC(=O)c1ccccc1)C(F)(F)F)c1ccccc1. The molecule has 2 aromatic carbocycles. The fourth-order valence-electron chi connectivity index (χ4n) is 1.64. The van der Waals surface area contributed by atoms with Gasteiger partial charge in [-0.1, -0.05) is 36.4 Å². The van der Waals surface area contributed by atoms with Crippen LogP contribution in [0.3, 0.4) is 0 Å². The van der Waals surface area contributed by atoms with E-state index in [1.54, 1.807) is 12.1 Å². The third-order valence-corrected chi connectivity index (χ3v) is 2.71. The maximum absolute atomic E-state index is 12.9. The van der Waals surface area contributed by atoms with Crippen LogP contribution >= 0.6 is 0 Å². The van der Waals surface area contributed by atoms with Crippen molar-refractivity contribution < 1.29 is 32.2 Å². The van der Waals surface area contributed by atoms with Gasteiger partial charge in [-0.2, -0.15) is 13.2 Å². The van der Waals surface area contributed by atoms with Crippen LogP contribution in [0, 0.1) is 0 Å². The lowest BCUT2D eigenvalue weighted by Gasteiger charge is -2.20. The maximum atomic E-state index is 12.9. The van der Waals surface area contributed by atoms with Crippen LogP contribution in [0.4, 0.5) is 13.2 Å². The smallest absolute Gasteiger partial charge is 0.412 e. The van der Waals surface area contributed by atoms with Crippen LogP contribution in [0.15, 0.2) is 60.7 Å². The highest BCUT2D eigenvalue weighted by Crippen LogP contribution is 2.26. The molecule has 0 aliphatic carbocycles. The van der Waals surface area contributed by atoms with Crippen molar-refractivity contribution >= 4 is 11.9 Å². The Morgan fingerprint density at radius 1 is 0.739 bits per heavy atom. The average molecular weight is 324 g/mol. The third kappa shape index (κ3) is 4.57. The Kier molecular flexibility index (Phi) is 5.00. The van der Waals surface area contributed by atoms with Gasteiger partial charge in [-0.3, -0.25) is 0 Å². The van der Waals surface area contributed by atoms with Crippen molar-refractivity contribution in [3.05, 3.63) is 71.8 Å². The van der Waals surface area contributed by atoms with Gasteiger partial charge >= 0.3 is 24.4 Å². The van der Waals surface area contributed by atoms with Crippen molar-refractivity contribution in [1.29, 1.82) is 0 Å². The molecule has 2 aromatic rings. The van der Waals surface area contributed by atoms with Crippen molar-refractivity contribution in [1.82, 2.24) is 0 Å². The summed E-state index contributed by atoms with van der Waals surface area (Å²) in [5, 5.41) is 0. The van der Waals surface area contributed by atoms with E-state index < -0.39 is 24.4 Å². The van der Waals surface area contributed by atoms with Gasteiger partial charge in [0.05, 0.1) is 11.1 Å². The molecule has 0 fully saturated rings. The molecule has 0 unspecified atom stereocenters. The van der Waals surface area contributed by atoms with E-state index in [4.69, 9.17) is 0 Å². The van der Waals surface area contributed by atoms with Crippen LogP contribution in [0.1, 0.15) is 20.7 Å². The normalized spacial score (nSPS) is 11.1. The summed E-state index contributed by atoms with van der Waals surface area (Å²) in [6.07, 6.45) is -8.03. The van der Waals surface area contributed by atoms with Crippen LogP contribution in [-0.4, -0.2) is 24.4 Å². The predicted octanol–water partition coefficient (Wildman–Crippen LogP) is 3.59. The zero-order valence-electron chi connectivity index (χ0n) is 11.6. The number of esters is 2. The lowest BCUT2D eigenvalue weighted by molar-refractivity contribution is -0.273. The van der Waals surface area contributed by atoms with Gasteiger partial charge in [0, 0.05) is 0 Å². The molecule has 0 saturated carbocycles. The summed E-state index contributed by atoms with van der Waals surface area (Å²) < 4.78 is 47.3. The van der Waals surface area contributed by atoms with E-state index in [1.165, 1.54) is 48.5 Å². The standard InChI is InChI=1S/C16H11F3O4/c17-16(18,19)15(22-13(20)11-7-3-1-4-8-11)23-14(21)12-9-5-2-6-10-12/h1-10,15H. The fourth-order valence-corrected chi connectivity index (χ4v) is 1.64. The summed E-state index contributed by atoms with van der Waals surface area (Å²) >= 11 is 0. The van der Waals surface area contributed by atoms with Gasteiger partial charge in [0.2, 0.25) is 0 Å². The minimum atomic E-state index is -5.05. The van der Waals surface area contributed by atoms with Gasteiger partial charge in [-0.05, 0) is 24.3 Å². The van der Waals surface area contributed by atoms with Crippen molar-refractivity contribution in [2.45, 2.75) is 12.5 Å². The molecular weight excluding hydrogens is 313 g/mol. The maximum Gasteiger partial charge on any atom is 0.464 e. The summed E-state index contributed by atoms with van der Waals surface area (Å²) in [7, 11) is 0. The first-order valence-electron chi connectivity index (χ1n) is 6.46. The second-order valence-corrected chi connectivity index (χ2v) is 4.42. The number of hydrogen-bond acceptors (Lipinski definition) is 4. The van der Waals surface area contributed by atoms with Crippen LogP contribution in [0.25, 0.3) is 0 Å². The molecule has 120 valence electrons. The quantitative estimate of drug-likeness (QED) is 0.637. The number of alkyl halides is 3. The minimum absolute atomic E-state index is 0.0856. The van der Waals surface area contributed by atoms with Gasteiger partial charge in [-0.25, -0.2) is 9.59 Å². The van der Waals surface area contributed by atoms with Crippen LogP contribution < -0.4 is 0 Å². The highest BCUT2D eigenvalue weighted by molar-refractivity contribution is 5.91. The number of benzene rings is 2. The molecule has 0 amide bonds. The Balaban J connectivity index is 2.12. The summed E-state index contributed by atoms with van der Waals surface area (Å²) in [5.41, 5.74) is -0.171. The summed E-state index contributed by atoms with van der Waals surface area (Å²) in [4.78, 5) is 23.4. The van der Waals surface area contributed by atoms with E-state index in [0.29, 0.717) is 0 Å². The number of hydrogen-bond donors (Lipinski definition) is 0. The molecule has 0 radical (unpaired) electrons. The van der Waals surface area contributed by atoms with Gasteiger partial charge in [-0.15, -0.1) is 0 Å². The molecule has 0 N–H and O–H groups in total. The van der Waals surface area contributed by atoms with Crippen LogP contribution in [0.2, 0.25) is 0 Å². The minimum Gasteiger partial charge on any atom is -0.412 e. The lowest BCUT2D eigenvalue weighted by Crippen LogP contribution is -2.38. The van der Waals surface area contributed by atoms with E-state index in [0.717, 1.165) is 0 Å². The van der Waals surface area contributed by atoms with E-state index >= 15 is 0 Å². The topological polar surface area (TPSA) is 52.6 Å². The lowest BCUT2D eigenvalue weighted by atomic mass is 10.2. The van der Waals surface area contributed by atoms with Gasteiger partial charge in [0.15, 0.2) is 0 Å². The Hall–Kier alpha value is -2.83. The Morgan fingerprint density at radius 2 is 1.09 bits per heavy atom. The number of carbonyl (C=O) groups is 2. The number of carbonyl (C=O) groups excluding carboxylic acids is 2. The van der Waals surface area contributed by atoms with Crippen molar-refractivity contribution in [2.75, 3.05) is 0 Å². The zero-order chi connectivity index (χ0) is 16.9. The summed E-state index contributed by atoms with van der Waals surface area (Å²) in [6.45, 7) is 0. The molecule has 23 heavy (non-hydrogen) atoms. The highest BCUT2D eigenvalue weighted by Gasteiger charge is 2.46. The summed E-state index contributed by atoms with van der Waals surface area (Å²) in [5.74, 6) is -2.48. The Bertz CT molecular complexity index is 615. The molecule has 0 aliphatic heterocycles. The molecule has 0 aliphatic rings. The molecule has 0 atom stereocenters. The third-order valence-electron chi connectivity index (χ3n) is 2.71. The van der Waals surface area contributed by atoms with E-state index in [-0.39, 0.29) is 11.1 Å². The molecule has 0 spiro atoms. The molecule has 2 rings (SSSR count). The molecule has 0 saturated heterocycles. The Morgan fingerprint density at radius 3 is 1.39 bits per heavy atom. The first-order chi connectivity index (χ1) is 10.9. The summed E-state index contributed by atoms with van der Waals surface area (Å²) in [6, 6.07) is 14.2. The Labute approximate surface area is 129 Å². The predicted molar refractivity (Wildman–Crippen MR) is 73.6 cm³/mol. The molecule has 0 aromatic heterocycles. The van der Waals surface area contributed by atoms with Gasteiger partial charge in [0.25, 0.3) is 0 Å². The van der Waals surface area contributed by atoms with Crippen molar-refractivity contribution in [2.24, 2.45) is 0 Å². The van der Waals surface area contributed by atoms with Gasteiger partial charge < -0.3 is 9.47 Å². The highest BCUT2D eigenvalue weighted by atomic mass is 19.4. The second-order valence-electron chi connectivity index (χ2n) is 4.42. The van der Waals surface area contributed by atoms with Crippen LogP contribution in [-0.2, 0) is 9.47 Å². The monoisotopic (exact) mass is 324 g/mol. The van der Waals surface area contributed by atoms with Crippen molar-refractivity contribution in [3.63, 3.8) is 0 Å². The number of rotatable bonds is 4. The first kappa shape index (κ1) is 16.5. The largest absolute Gasteiger partial charge is 0.464 e. The molecule has 4 nitrogen and oxygen atoms in total. The number of ether oxygens (including phenoxy) is 2. The van der Waals surface area contributed by atoms with E-state index in [1.807, 2.05) is 0 Å². The zero-order valence-corrected chi connectivity index (χ0v) is 11.6. The fraction of sp³-hybridized carbons (Fsp3) is 0.125. The molecular formula is C16H11F3O4. The van der Waals surface area contributed by atoms with E-state index in [2.05, 4.69) is 9.47 Å². The van der Waals surface area contributed by atoms with E-state index in [9.17, 15) is 22.8 Å². The first-order valence-corrected chi connectivity index (χ1v) is 6.46. The molecule has 0 bridgehead atoms. The van der Waals surface area contributed by atoms with Crippen LogP contribution in [0.5, 0.6) is 0 Å². The second kappa shape index (κ2) is 6.95. The van der Waals surface area contributed by atoms with Crippen molar-refractivity contribution in [3.8, 4) is 0 Å². The number of halogens is 3. The van der Waals surface area contributed by atoms with Gasteiger partial charge in [0.1, 0.15) is 0 Å².